The van der Waals surface area contributed by atoms with Crippen molar-refractivity contribution < 1.29 is 15.8 Å². The van der Waals surface area contributed by atoms with Crippen LogP contribution < -0.4 is 10.2 Å². The minimum atomic E-state index is -2.94. The van der Waals surface area contributed by atoms with Gasteiger partial charge in [0.2, 0.25) is 0 Å². The highest BCUT2D eigenvalue weighted by Gasteiger charge is 2.24. The number of halogens is 1. The molecule has 0 bridgehead atoms. The Hall–Kier alpha value is -1.46. The van der Waals surface area contributed by atoms with Crippen LogP contribution in [0, 0.1) is 12.8 Å². The van der Waals surface area contributed by atoms with Crippen molar-refractivity contribution in [2.24, 2.45) is 5.92 Å². The van der Waals surface area contributed by atoms with Gasteiger partial charge in [0.05, 0.1) is 16.2 Å². The number of carbonyl (C=O) groups excluding carboxylic acids is 1. The molecule has 156 valence electrons. The van der Waals surface area contributed by atoms with Gasteiger partial charge in [-0.1, -0.05) is 23.7 Å². The van der Waals surface area contributed by atoms with Crippen molar-refractivity contribution in [3.63, 3.8) is 0 Å². The van der Waals surface area contributed by atoms with Gasteiger partial charge < -0.3 is 15.1 Å². The van der Waals surface area contributed by atoms with Crippen molar-refractivity contribution in [3.05, 3.63) is 28.8 Å². The lowest BCUT2D eigenvalue weighted by molar-refractivity contribution is 0.194. The Morgan fingerprint density at radius 1 is 1.21 bits per heavy atom. The van der Waals surface area contributed by atoms with E-state index in [4.69, 9.17) is 22.6 Å². The van der Waals surface area contributed by atoms with E-state index in [2.05, 4.69) is 5.32 Å². The maximum atomic E-state index is 11.9. The molecular weight excluding hydrogens is 372 g/mol. The first kappa shape index (κ1) is 13.0. The number of hydrogen-bond donors (Lipinski definition) is 1. The largest absolute Gasteiger partial charge is 0.368 e. The van der Waals surface area contributed by atoms with Gasteiger partial charge in [0, 0.05) is 51.6 Å². The van der Waals surface area contributed by atoms with Crippen LogP contribution in [0.4, 0.5) is 10.5 Å². The van der Waals surface area contributed by atoms with E-state index in [1.165, 1.54) is 11.0 Å². The third-order valence-electron chi connectivity index (χ3n) is 5.35. The van der Waals surface area contributed by atoms with Gasteiger partial charge in [0.1, 0.15) is 0 Å². The number of rotatable bonds is 5. The van der Waals surface area contributed by atoms with Gasteiger partial charge in [0.25, 0.3) is 0 Å². The van der Waals surface area contributed by atoms with Crippen LogP contribution in [0.3, 0.4) is 0 Å². The fraction of sp³-hybridized carbons (Fsp3) is 0.682. The predicted octanol–water partition coefficient (Wildman–Crippen LogP) is 3.99. The summed E-state index contributed by atoms with van der Waals surface area (Å²) in [5.41, 5.74) is 0.443. The lowest BCUT2D eigenvalue weighted by Gasteiger charge is -2.37. The molecule has 28 heavy (non-hydrogen) atoms. The van der Waals surface area contributed by atoms with Crippen molar-refractivity contribution in [2.75, 3.05) is 51.5 Å². The number of piperazine rings is 1. The van der Waals surface area contributed by atoms with Crippen LogP contribution in [0.5, 0.6) is 0 Å². The van der Waals surface area contributed by atoms with Crippen molar-refractivity contribution >= 4 is 23.3 Å². The summed E-state index contributed by atoms with van der Waals surface area (Å²) in [6.45, 7) is -10.1. The average Bonchev–Trinajstić information content (AvgIpc) is 2.76. The van der Waals surface area contributed by atoms with E-state index in [0.29, 0.717) is 21.8 Å². The molecule has 3 rings (SSSR count). The zero-order valence-electron chi connectivity index (χ0n) is 24.8. The Bertz CT molecular complexity index is 941. The summed E-state index contributed by atoms with van der Waals surface area (Å²) in [5, 5.41) is 3.01. The summed E-state index contributed by atoms with van der Waals surface area (Å²) in [4.78, 5) is 14.6. The molecule has 1 saturated heterocycles. The molecule has 1 N–H and O–H groups in total. The lowest BCUT2D eigenvalue weighted by Crippen LogP contribution is -2.47. The number of urea groups is 1. The molecular formula is C22H35ClN4O. The Balaban J connectivity index is 1.81. The first-order valence-electron chi connectivity index (χ1n) is 13.8. The van der Waals surface area contributed by atoms with Gasteiger partial charge in [-0.05, 0) is 63.1 Å². The Kier molecular flexibility index (Phi) is 4.56. The van der Waals surface area contributed by atoms with E-state index in [1.807, 2.05) is 0 Å². The number of aryl methyl sites for hydroxylation is 1. The molecule has 0 aromatic heterocycles. The molecule has 0 spiro atoms. The maximum Gasteiger partial charge on any atom is 0.317 e. The van der Waals surface area contributed by atoms with E-state index in [9.17, 15) is 4.79 Å². The highest BCUT2D eigenvalue weighted by atomic mass is 35.5. The third kappa shape index (κ3) is 5.54. The molecule has 2 fully saturated rings. The van der Waals surface area contributed by atoms with Gasteiger partial charge in [-0.3, -0.25) is 4.90 Å². The summed E-state index contributed by atoms with van der Waals surface area (Å²) in [6, 6.07) is 4.48. The Morgan fingerprint density at radius 2 is 1.89 bits per heavy atom. The van der Waals surface area contributed by atoms with Crippen LogP contribution >= 0.6 is 11.6 Å². The predicted molar refractivity (Wildman–Crippen MR) is 117 cm³/mol. The van der Waals surface area contributed by atoms with E-state index >= 15 is 0 Å². The summed E-state index contributed by atoms with van der Waals surface area (Å²) in [6.07, 6.45) is 3.37. The van der Waals surface area contributed by atoms with Gasteiger partial charge in [-0.15, -0.1) is 0 Å². The molecule has 6 heteroatoms. The highest BCUT2D eigenvalue weighted by Crippen LogP contribution is 2.30. The zero-order valence-corrected chi connectivity index (χ0v) is 17.5. The molecule has 1 heterocycles. The van der Waals surface area contributed by atoms with Gasteiger partial charge in [-0.2, -0.15) is 0 Å². The number of benzene rings is 1. The van der Waals surface area contributed by atoms with Crippen LogP contribution in [0.25, 0.3) is 0 Å². The van der Waals surface area contributed by atoms with Gasteiger partial charge in [0.15, 0.2) is 0 Å². The number of carbonyl (C=O) groups is 1. The standard InChI is InChI=1S/C22H35ClN4O/c1-17-5-4-6-20(21(17)23)27-15-13-26(14-16-27)12-11-18-7-9-19(10-8-18)24-22(28)25(2)3/h4-6,18-19H,7-16H2,1-3H3,(H,24,28)/t18-,19-/i13D2,14D2,15D2,16D2. The molecule has 5 nitrogen and oxygen atoms in total. The second-order valence-electron chi connectivity index (χ2n) is 7.69. The van der Waals surface area contributed by atoms with Crippen molar-refractivity contribution in [2.45, 2.75) is 45.1 Å². The van der Waals surface area contributed by atoms with Crippen molar-refractivity contribution in [3.8, 4) is 0 Å². The Labute approximate surface area is 186 Å². The highest BCUT2D eigenvalue weighted by molar-refractivity contribution is 6.34. The summed E-state index contributed by atoms with van der Waals surface area (Å²) >= 11 is 6.36. The SMILES string of the molecule is [2H]C1([2H])N(CC[C@H]2CC[C@H](NC(=O)N(C)C)CC2)C([2H])([2H])C([2H])([2H])N(c2cccc(C)c2Cl)C1([2H])[2H]. The number of anilines is 1. The minimum Gasteiger partial charge on any atom is -0.368 e. The van der Waals surface area contributed by atoms with Crippen molar-refractivity contribution in [1.29, 1.82) is 0 Å². The molecule has 1 aliphatic carbocycles. The fourth-order valence-corrected chi connectivity index (χ4v) is 3.73. The fourth-order valence-electron chi connectivity index (χ4n) is 3.52. The number of nitrogens with zero attached hydrogens (tertiary/aromatic N) is 3. The van der Waals surface area contributed by atoms with Crippen LogP contribution in [0.15, 0.2) is 18.2 Å². The topological polar surface area (TPSA) is 38.8 Å². The second kappa shape index (κ2) is 9.84. The van der Waals surface area contributed by atoms with E-state index < -0.39 is 26.0 Å². The molecule has 1 aromatic carbocycles. The van der Waals surface area contributed by atoms with Crippen LogP contribution in [0.2, 0.25) is 5.02 Å². The maximum absolute atomic E-state index is 11.9. The molecule has 0 atom stereocenters. The number of hydrogen-bond acceptors (Lipinski definition) is 3. The van der Waals surface area contributed by atoms with Gasteiger partial charge >= 0.3 is 6.03 Å². The molecule has 1 saturated carbocycles. The van der Waals surface area contributed by atoms with E-state index in [-0.39, 0.29) is 35.2 Å². The summed E-state index contributed by atoms with van der Waals surface area (Å²) in [5.74, 6) is 0.130. The van der Waals surface area contributed by atoms with E-state index in [0.717, 1.165) is 25.7 Å². The Morgan fingerprint density at radius 3 is 2.54 bits per heavy atom. The minimum absolute atomic E-state index is 0.0416. The summed E-state index contributed by atoms with van der Waals surface area (Å²) in [7, 11) is 3.35. The van der Waals surface area contributed by atoms with Crippen molar-refractivity contribution in [1.82, 2.24) is 15.1 Å². The smallest absolute Gasteiger partial charge is 0.317 e. The quantitative estimate of drug-likeness (QED) is 0.791. The molecule has 2 aliphatic rings. The first-order valence-corrected chi connectivity index (χ1v) is 10.1. The molecule has 2 amide bonds. The monoisotopic (exact) mass is 414 g/mol. The van der Waals surface area contributed by atoms with Crippen LogP contribution in [-0.4, -0.2) is 68.5 Å². The second-order valence-corrected chi connectivity index (χ2v) is 8.07. The number of amides is 2. The molecule has 1 aliphatic heterocycles. The molecule has 0 unspecified atom stereocenters. The lowest BCUT2D eigenvalue weighted by atomic mass is 9.84. The average molecular weight is 415 g/mol. The normalized spacial score (nSPS) is 34.9. The molecule has 0 radical (unpaired) electrons. The molecule has 1 aromatic rings. The summed E-state index contributed by atoms with van der Waals surface area (Å²) < 4.78 is 69.3. The van der Waals surface area contributed by atoms with Crippen LogP contribution in [-0.2, 0) is 0 Å². The third-order valence-corrected chi connectivity index (χ3v) is 5.84. The zero-order chi connectivity index (χ0) is 27.3. The first-order chi connectivity index (χ1) is 16.5. The van der Waals surface area contributed by atoms with E-state index in [1.54, 1.807) is 33.2 Å². The number of nitrogens with one attached hydrogen (secondary N) is 1. The van der Waals surface area contributed by atoms with Gasteiger partial charge in [-0.25, -0.2) is 4.79 Å². The van der Waals surface area contributed by atoms with Crippen LogP contribution in [0.1, 0.15) is 48.6 Å².